The predicted molar refractivity (Wildman–Crippen MR) is 118 cm³/mol. The molecule has 3 heterocycles. The molecule has 0 saturated carbocycles. The highest BCUT2D eigenvalue weighted by molar-refractivity contribution is 5.98. The highest BCUT2D eigenvalue weighted by Gasteiger charge is 2.31. The number of rotatable bonds is 5. The Balaban J connectivity index is 1.69. The molecule has 2 N–H and O–H groups in total. The van der Waals surface area contributed by atoms with Gasteiger partial charge in [-0.2, -0.15) is 13.2 Å². The lowest BCUT2D eigenvalue weighted by Crippen LogP contribution is -2.31. The molecule has 1 aromatic carbocycles. The number of hydrogen-bond donors (Lipinski definition) is 1. The van der Waals surface area contributed by atoms with E-state index in [2.05, 4.69) is 15.0 Å². The van der Waals surface area contributed by atoms with Crippen molar-refractivity contribution in [2.75, 3.05) is 5.73 Å². The van der Waals surface area contributed by atoms with Gasteiger partial charge < -0.3 is 10.6 Å². The first-order chi connectivity index (χ1) is 16.5. The van der Waals surface area contributed by atoms with Crippen molar-refractivity contribution in [3.8, 4) is 0 Å². The Morgan fingerprint density at radius 3 is 2.43 bits per heavy atom. The fourth-order valence-corrected chi connectivity index (χ4v) is 3.43. The third-order valence-corrected chi connectivity index (χ3v) is 5.31. The van der Waals surface area contributed by atoms with Crippen LogP contribution in [0.15, 0.2) is 54.9 Å². The molecule has 180 valence electrons. The van der Waals surface area contributed by atoms with Gasteiger partial charge in [-0.3, -0.25) is 14.8 Å². The number of amides is 1. The predicted octanol–water partition coefficient (Wildman–Crippen LogP) is 5.06. The number of hydrogen-bond acceptors (Lipinski definition) is 5. The van der Waals surface area contributed by atoms with Crippen molar-refractivity contribution in [2.24, 2.45) is 0 Å². The highest BCUT2D eigenvalue weighted by Crippen LogP contribution is 2.28. The van der Waals surface area contributed by atoms with Gasteiger partial charge in [0.15, 0.2) is 0 Å². The van der Waals surface area contributed by atoms with E-state index < -0.39 is 29.3 Å². The molecule has 0 saturated heterocycles. The van der Waals surface area contributed by atoms with Gasteiger partial charge in [-0.1, -0.05) is 0 Å². The minimum atomic E-state index is -4.57. The molecule has 35 heavy (non-hydrogen) atoms. The lowest BCUT2D eigenvalue weighted by Gasteiger charge is -2.23. The summed E-state index contributed by atoms with van der Waals surface area (Å²) in [6.45, 7) is 1.15. The molecule has 0 aliphatic carbocycles. The first kappa shape index (κ1) is 24.0. The summed E-state index contributed by atoms with van der Waals surface area (Å²) in [7, 11) is 0. The minimum absolute atomic E-state index is 0.139. The molecular formula is C24H18F5N5O. The first-order valence-corrected chi connectivity index (χ1v) is 10.3. The molecule has 11 heteroatoms. The molecule has 0 radical (unpaired) electrons. The zero-order valence-corrected chi connectivity index (χ0v) is 18.3. The van der Waals surface area contributed by atoms with Crippen molar-refractivity contribution in [3.05, 3.63) is 94.6 Å². The van der Waals surface area contributed by atoms with E-state index in [1.807, 2.05) is 0 Å². The normalized spacial score (nSPS) is 11.6. The third-order valence-electron chi connectivity index (χ3n) is 5.31. The molecule has 0 fully saturated rings. The molecule has 1 amide bonds. The van der Waals surface area contributed by atoms with Gasteiger partial charge in [0, 0.05) is 23.2 Å². The number of halogens is 5. The Morgan fingerprint density at radius 1 is 1.00 bits per heavy atom. The van der Waals surface area contributed by atoms with Crippen LogP contribution in [0.1, 0.15) is 32.9 Å². The van der Waals surface area contributed by atoms with Crippen LogP contribution in [0.2, 0.25) is 0 Å². The molecule has 0 atom stereocenters. The average molecular weight is 487 g/mol. The van der Waals surface area contributed by atoms with Crippen LogP contribution in [0.4, 0.5) is 27.8 Å². The number of aromatic nitrogens is 3. The van der Waals surface area contributed by atoms with Gasteiger partial charge in [0.05, 0.1) is 41.8 Å². The van der Waals surface area contributed by atoms with Gasteiger partial charge in [0.1, 0.15) is 17.5 Å². The van der Waals surface area contributed by atoms with E-state index in [0.29, 0.717) is 34.5 Å². The second-order valence-corrected chi connectivity index (χ2v) is 7.88. The Bertz CT molecular complexity index is 1410. The van der Waals surface area contributed by atoms with Crippen molar-refractivity contribution in [1.82, 2.24) is 19.9 Å². The molecule has 0 aliphatic rings. The molecule has 0 aliphatic heterocycles. The monoisotopic (exact) mass is 487 g/mol. The van der Waals surface area contributed by atoms with Crippen molar-refractivity contribution >= 4 is 22.6 Å². The SMILES string of the molecule is Cc1cc2cc(C(=O)N(Cc3ccc(C(F)(F)F)cn3)Cc3ncc(F)cc3F)ccc2nc1N. The second-order valence-electron chi connectivity index (χ2n) is 7.88. The topological polar surface area (TPSA) is 85.0 Å². The maximum atomic E-state index is 14.3. The number of nitrogens with zero attached hydrogens (tertiary/aromatic N) is 4. The van der Waals surface area contributed by atoms with E-state index in [0.717, 1.165) is 23.2 Å². The maximum absolute atomic E-state index is 14.3. The van der Waals surface area contributed by atoms with Crippen LogP contribution in [0.25, 0.3) is 10.9 Å². The molecule has 0 spiro atoms. The Morgan fingerprint density at radius 2 is 1.77 bits per heavy atom. The Labute approximate surface area is 196 Å². The summed E-state index contributed by atoms with van der Waals surface area (Å²) in [5.41, 5.74) is 6.31. The molecular weight excluding hydrogens is 469 g/mol. The number of nitrogens with two attached hydrogens (primary N) is 1. The summed E-state index contributed by atoms with van der Waals surface area (Å²) >= 11 is 0. The number of carbonyl (C=O) groups excluding carboxylic acids is 1. The quantitative estimate of drug-likeness (QED) is 0.398. The number of benzene rings is 1. The van der Waals surface area contributed by atoms with Gasteiger partial charge in [0.2, 0.25) is 0 Å². The zero-order valence-electron chi connectivity index (χ0n) is 18.3. The molecule has 0 bridgehead atoms. The van der Waals surface area contributed by atoms with Crippen molar-refractivity contribution in [1.29, 1.82) is 0 Å². The van der Waals surface area contributed by atoms with Crippen LogP contribution >= 0.6 is 0 Å². The number of anilines is 1. The van der Waals surface area contributed by atoms with Gasteiger partial charge in [-0.25, -0.2) is 13.8 Å². The van der Waals surface area contributed by atoms with E-state index in [9.17, 15) is 26.7 Å². The molecule has 6 nitrogen and oxygen atoms in total. The van der Waals surface area contributed by atoms with Crippen molar-refractivity contribution in [3.63, 3.8) is 0 Å². The summed E-state index contributed by atoms with van der Waals surface area (Å²) < 4.78 is 66.2. The van der Waals surface area contributed by atoms with Crippen molar-refractivity contribution < 1.29 is 26.7 Å². The molecule has 3 aromatic heterocycles. The fourth-order valence-electron chi connectivity index (χ4n) is 3.43. The van der Waals surface area contributed by atoms with Crippen LogP contribution in [0, 0.1) is 18.6 Å². The lowest BCUT2D eigenvalue weighted by molar-refractivity contribution is -0.137. The van der Waals surface area contributed by atoms with Gasteiger partial charge in [-0.15, -0.1) is 0 Å². The van der Waals surface area contributed by atoms with Crippen LogP contribution < -0.4 is 5.73 Å². The van der Waals surface area contributed by atoms with Crippen LogP contribution in [-0.4, -0.2) is 25.8 Å². The number of aryl methyl sites for hydroxylation is 1. The van der Waals surface area contributed by atoms with E-state index in [-0.39, 0.29) is 30.0 Å². The Kier molecular flexibility index (Phi) is 6.33. The number of pyridine rings is 3. The summed E-state index contributed by atoms with van der Waals surface area (Å²) in [5.74, 6) is -2.06. The summed E-state index contributed by atoms with van der Waals surface area (Å²) in [6.07, 6.45) is -3.10. The van der Waals surface area contributed by atoms with E-state index in [1.54, 1.807) is 25.1 Å². The number of nitrogen functional groups attached to an aromatic ring is 1. The fraction of sp³-hybridized carbons (Fsp3) is 0.167. The van der Waals surface area contributed by atoms with Crippen molar-refractivity contribution in [2.45, 2.75) is 26.2 Å². The lowest BCUT2D eigenvalue weighted by atomic mass is 10.1. The van der Waals surface area contributed by atoms with Gasteiger partial charge >= 0.3 is 6.18 Å². The molecule has 0 unspecified atom stereocenters. The number of carbonyl (C=O) groups is 1. The van der Waals surface area contributed by atoms with Crippen LogP contribution in [0.3, 0.4) is 0 Å². The average Bonchev–Trinajstić information content (AvgIpc) is 2.80. The Hall–Kier alpha value is -4.15. The number of fused-ring (bicyclic) bond motifs is 1. The largest absolute Gasteiger partial charge is 0.417 e. The smallest absolute Gasteiger partial charge is 0.383 e. The summed E-state index contributed by atoms with van der Waals surface area (Å²) in [5, 5.41) is 0.640. The van der Waals surface area contributed by atoms with Gasteiger partial charge in [0.25, 0.3) is 5.91 Å². The third kappa shape index (κ3) is 5.34. The van der Waals surface area contributed by atoms with E-state index >= 15 is 0 Å². The standard InChI is InChI=1S/C24H18F5N5O/c1-13-6-15-7-14(2-5-20(15)33-22(13)30)23(35)34(12-21-19(26)8-17(25)10-32-21)11-18-4-3-16(9-31-18)24(27,28)29/h2-10H,11-12H2,1H3,(H2,30,33). The molecule has 4 aromatic rings. The van der Waals surface area contributed by atoms with Crippen LogP contribution in [0.5, 0.6) is 0 Å². The van der Waals surface area contributed by atoms with E-state index in [4.69, 9.17) is 5.73 Å². The zero-order chi connectivity index (χ0) is 25.3. The minimum Gasteiger partial charge on any atom is -0.383 e. The highest BCUT2D eigenvalue weighted by atomic mass is 19.4. The summed E-state index contributed by atoms with van der Waals surface area (Å²) in [6, 6.07) is 9.06. The van der Waals surface area contributed by atoms with E-state index in [1.165, 1.54) is 6.07 Å². The number of alkyl halides is 3. The van der Waals surface area contributed by atoms with Gasteiger partial charge in [-0.05, 0) is 48.9 Å². The maximum Gasteiger partial charge on any atom is 0.417 e. The first-order valence-electron chi connectivity index (χ1n) is 10.3. The summed E-state index contributed by atoms with van der Waals surface area (Å²) in [4.78, 5) is 26.3. The second kappa shape index (κ2) is 9.24. The van der Waals surface area contributed by atoms with Crippen LogP contribution in [-0.2, 0) is 19.3 Å². The molecule has 4 rings (SSSR count).